The fraction of sp³-hybridized carbons (Fsp3) is 0.550. The lowest BCUT2D eigenvalue weighted by atomic mass is 9.79. The first-order valence-corrected chi connectivity index (χ1v) is 10.8. The Hall–Kier alpha value is -2.51. The maximum absolute atomic E-state index is 12.2. The van der Waals surface area contributed by atoms with Gasteiger partial charge in [-0.05, 0) is 42.4 Å². The lowest BCUT2D eigenvalue weighted by molar-refractivity contribution is -0.131. The van der Waals surface area contributed by atoms with Crippen LogP contribution >= 0.6 is 0 Å². The molecule has 12 heteroatoms. The second kappa shape index (κ2) is 10.4. The Labute approximate surface area is 187 Å². The van der Waals surface area contributed by atoms with Gasteiger partial charge in [0, 0.05) is 38.3 Å². The number of hydrogen-bond acceptors (Lipinski definition) is 8. The summed E-state index contributed by atoms with van der Waals surface area (Å²) in [5.74, 6) is -1.13. The molecule has 1 saturated carbocycles. The molecular weight excluding hydrogens is 415 g/mol. The van der Waals surface area contributed by atoms with Gasteiger partial charge in [0.05, 0.1) is 18.2 Å². The van der Waals surface area contributed by atoms with E-state index in [1.54, 1.807) is 17.0 Å². The Morgan fingerprint density at radius 2 is 1.91 bits per heavy atom. The Kier molecular flexibility index (Phi) is 7.85. The SMILES string of the molecule is NCCN(CCN)C(=O)CCC(N)C(=O)NCC(=O)Nc1ccc2c(c1)B(O)OC21CC1. The quantitative estimate of drug-likeness (QED) is 0.198. The van der Waals surface area contributed by atoms with Gasteiger partial charge in [-0.1, -0.05) is 6.07 Å². The van der Waals surface area contributed by atoms with Gasteiger partial charge in [-0.25, -0.2) is 0 Å². The fourth-order valence-electron chi connectivity index (χ4n) is 3.85. The molecule has 32 heavy (non-hydrogen) atoms. The van der Waals surface area contributed by atoms with Gasteiger partial charge in [-0.2, -0.15) is 0 Å². The molecule has 3 rings (SSSR count). The minimum atomic E-state index is -1.00. The van der Waals surface area contributed by atoms with Crippen LogP contribution in [0.3, 0.4) is 0 Å². The number of nitrogens with zero attached hydrogens (tertiary/aromatic N) is 1. The molecule has 1 fully saturated rings. The standard InChI is InChI=1S/C20H31BN6O5/c22-7-9-27(10-8-23)18(29)4-3-16(24)19(30)25-12-17(28)26-13-1-2-14-15(11-13)21(31)32-20(14)5-6-20/h1-2,11,16,31H,3-10,12,22-24H2,(H,25,30)(H,26,28). The minimum Gasteiger partial charge on any atom is -0.423 e. The van der Waals surface area contributed by atoms with E-state index in [4.69, 9.17) is 21.9 Å². The smallest absolute Gasteiger partial charge is 0.423 e. The molecule has 1 heterocycles. The molecule has 2 aliphatic rings. The summed E-state index contributed by atoms with van der Waals surface area (Å²) in [5.41, 5.74) is 18.6. The third-order valence-electron chi connectivity index (χ3n) is 5.71. The van der Waals surface area contributed by atoms with Crippen molar-refractivity contribution in [2.24, 2.45) is 17.2 Å². The van der Waals surface area contributed by atoms with Crippen LogP contribution in [0.15, 0.2) is 18.2 Å². The highest BCUT2D eigenvalue weighted by Gasteiger charge is 2.55. The maximum atomic E-state index is 12.2. The van der Waals surface area contributed by atoms with Crippen LogP contribution in [-0.2, 0) is 24.6 Å². The Morgan fingerprint density at radius 1 is 1.22 bits per heavy atom. The van der Waals surface area contributed by atoms with Crippen LogP contribution in [0.4, 0.5) is 5.69 Å². The molecule has 174 valence electrons. The highest BCUT2D eigenvalue weighted by Crippen LogP contribution is 2.51. The van der Waals surface area contributed by atoms with E-state index in [0.717, 1.165) is 18.4 Å². The van der Waals surface area contributed by atoms with Crippen molar-refractivity contribution in [2.75, 3.05) is 38.0 Å². The summed E-state index contributed by atoms with van der Waals surface area (Å²) in [6, 6.07) is 4.34. The summed E-state index contributed by atoms with van der Waals surface area (Å²) in [7, 11) is -1.00. The lowest BCUT2D eigenvalue weighted by Gasteiger charge is -2.22. The summed E-state index contributed by atoms with van der Waals surface area (Å²) in [6.45, 7) is 1.16. The van der Waals surface area contributed by atoms with Gasteiger partial charge < -0.3 is 42.4 Å². The zero-order valence-electron chi connectivity index (χ0n) is 18.0. The van der Waals surface area contributed by atoms with Crippen molar-refractivity contribution < 1.29 is 24.1 Å². The predicted octanol–water partition coefficient (Wildman–Crippen LogP) is -2.70. The number of rotatable bonds is 11. The van der Waals surface area contributed by atoms with Crippen molar-refractivity contribution in [1.82, 2.24) is 10.2 Å². The predicted molar refractivity (Wildman–Crippen MR) is 120 cm³/mol. The van der Waals surface area contributed by atoms with E-state index in [1.165, 1.54) is 0 Å². The van der Waals surface area contributed by atoms with E-state index < -0.39 is 25.0 Å². The van der Waals surface area contributed by atoms with Crippen LogP contribution in [0.1, 0.15) is 31.2 Å². The summed E-state index contributed by atoms with van der Waals surface area (Å²) >= 11 is 0. The monoisotopic (exact) mass is 446 g/mol. The summed E-state index contributed by atoms with van der Waals surface area (Å²) in [6.07, 6.45) is 1.97. The van der Waals surface area contributed by atoms with Crippen LogP contribution < -0.4 is 33.3 Å². The Morgan fingerprint density at radius 3 is 2.53 bits per heavy atom. The average molecular weight is 446 g/mol. The first kappa shape index (κ1) is 24.1. The van der Waals surface area contributed by atoms with Gasteiger partial charge >= 0.3 is 7.12 Å². The number of anilines is 1. The fourth-order valence-corrected chi connectivity index (χ4v) is 3.85. The van der Waals surface area contributed by atoms with E-state index in [1.807, 2.05) is 6.07 Å². The van der Waals surface area contributed by atoms with Crippen molar-refractivity contribution in [3.8, 4) is 0 Å². The van der Waals surface area contributed by atoms with Gasteiger partial charge in [0.25, 0.3) is 0 Å². The van der Waals surface area contributed by atoms with Gasteiger partial charge in [-0.15, -0.1) is 0 Å². The molecule has 0 aromatic heterocycles. The topological polar surface area (TPSA) is 186 Å². The highest BCUT2D eigenvalue weighted by atomic mass is 16.5. The molecular formula is C20H31BN6O5. The highest BCUT2D eigenvalue weighted by molar-refractivity contribution is 6.62. The zero-order chi connectivity index (χ0) is 23.3. The van der Waals surface area contributed by atoms with E-state index in [0.29, 0.717) is 37.3 Å². The number of carbonyl (C=O) groups excluding carboxylic acids is 3. The molecule has 1 unspecified atom stereocenters. The normalized spacial score (nSPS) is 16.4. The van der Waals surface area contributed by atoms with Crippen LogP contribution in [-0.4, -0.2) is 73.5 Å². The molecule has 1 aliphatic heterocycles. The number of nitrogens with two attached hydrogens (primary N) is 3. The number of amides is 3. The third kappa shape index (κ3) is 5.64. The molecule has 11 nitrogen and oxygen atoms in total. The third-order valence-corrected chi connectivity index (χ3v) is 5.71. The number of fused-ring (bicyclic) bond motifs is 2. The van der Waals surface area contributed by atoms with E-state index >= 15 is 0 Å². The van der Waals surface area contributed by atoms with Crippen molar-refractivity contribution in [2.45, 2.75) is 37.3 Å². The number of hydrogen-bond donors (Lipinski definition) is 6. The van der Waals surface area contributed by atoms with Gasteiger partial charge in [0.2, 0.25) is 17.7 Å². The molecule has 1 atom stereocenters. The molecule has 1 spiro atoms. The van der Waals surface area contributed by atoms with E-state index in [-0.39, 0.29) is 30.9 Å². The number of carbonyl (C=O) groups is 3. The first-order chi connectivity index (χ1) is 15.3. The summed E-state index contributed by atoms with van der Waals surface area (Å²) in [4.78, 5) is 38.1. The largest absolute Gasteiger partial charge is 0.492 e. The van der Waals surface area contributed by atoms with Crippen molar-refractivity contribution in [3.05, 3.63) is 23.8 Å². The lowest BCUT2D eigenvalue weighted by Crippen LogP contribution is -2.45. The van der Waals surface area contributed by atoms with Crippen molar-refractivity contribution in [3.63, 3.8) is 0 Å². The molecule has 1 aromatic carbocycles. The molecule has 3 amide bonds. The van der Waals surface area contributed by atoms with Crippen LogP contribution in [0.2, 0.25) is 0 Å². The van der Waals surface area contributed by atoms with Crippen molar-refractivity contribution in [1.29, 1.82) is 0 Å². The molecule has 0 radical (unpaired) electrons. The number of benzene rings is 1. The molecule has 9 N–H and O–H groups in total. The van der Waals surface area contributed by atoms with E-state index in [2.05, 4.69) is 10.6 Å². The van der Waals surface area contributed by atoms with Gasteiger partial charge in [0.15, 0.2) is 0 Å². The van der Waals surface area contributed by atoms with Crippen molar-refractivity contribution >= 4 is 36.0 Å². The molecule has 0 saturated heterocycles. The number of nitrogens with one attached hydrogen (secondary N) is 2. The van der Waals surface area contributed by atoms with Crippen LogP contribution in [0.5, 0.6) is 0 Å². The maximum Gasteiger partial charge on any atom is 0.492 e. The average Bonchev–Trinajstić information content (AvgIpc) is 3.49. The second-order valence-electron chi connectivity index (χ2n) is 8.14. The molecule has 1 aromatic rings. The second-order valence-corrected chi connectivity index (χ2v) is 8.14. The van der Waals surface area contributed by atoms with Crippen LogP contribution in [0.25, 0.3) is 0 Å². The van der Waals surface area contributed by atoms with E-state index in [9.17, 15) is 19.4 Å². The van der Waals surface area contributed by atoms with Crippen LogP contribution in [0, 0.1) is 0 Å². The summed E-state index contributed by atoms with van der Waals surface area (Å²) in [5, 5.41) is 15.2. The molecule has 1 aliphatic carbocycles. The first-order valence-electron chi connectivity index (χ1n) is 10.8. The Bertz CT molecular complexity index is 859. The Balaban J connectivity index is 1.42. The molecule has 0 bridgehead atoms. The minimum absolute atomic E-state index is 0.0851. The zero-order valence-corrected chi connectivity index (χ0v) is 18.0. The van der Waals surface area contributed by atoms with Gasteiger partial charge in [-0.3, -0.25) is 14.4 Å². The van der Waals surface area contributed by atoms with Gasteiger partial charge in [0.1, 0.15) is 0 Å². The summed E-state index contributed by atoms with van der Waals surface area (Å²) < 4.78 is 5.61.